The van der Waals surface area contributed by atoms with Gasteiger partial charge in [-0.1, -0.05) is 36.4 Å². The number of hydrogen-bond donors (Lipinski definition) is 2. The molecule has 1 atom stereocenters. The summed E-state index contributed by atoms with van der Waals surface area (Å²) in [5.74, 6) is -0.789. The molecule has 23 heavy (non-hydrogen) atoms. The Morgan fingerprint density at radius 2 is 1.74 bits per heavy atom. The van der Waals surface area contributed by atoms with Gasteiger partial charge < -0.3 is 11.1 Å². The van der Waals surface area contributed by atoms with E-state index in [1.165, 1.54) is 0 Å². The summed E-state index contributed by atoms with van der Waals surface area (Å²) in [5, 5.41) is 2.74. The average molecular weight is 310 g/mol. The second-order valence-electron chi connectivity index (χ2n) is 5.75. The largest absolute Gasteiger partial charge is 0.368 e. The third kappa shape index (κ3) is 4.68. The van der Waals surface area contributed by atoms with E-state index >= 15 is 0 Å². The van der Waals surface area contributed by atoms with Crippen LogP contribution in [0.1, 0.15) is 33.5 Å². The monoisotopic (exact) mass is 310 g/mol. The molecular weight excluding hydrogens is 288 g/mol. The first-order valence-corrected chi connectivity index (χ1v) is 7.68. The number of amides is 2. The molecule has 2 aromatic carbocycles. The van der Waals surface area contributed by atoms with Crippen molar-refractivity contribution >= 4 is 11.8 Å². The Balaban J connectivity index is 2.02. The highest BCUT2D eigenvalue weighted by molar-refractivity contribution is 5.97. The molecule has 0 aromatic heterocycles. The van der Waals surface area contributed by atoms with Crippen molar-refractivity contribution in [1.29, 1.82) is 0 Å². The van der Waals surface area contributed by atoms with Crippen LogP contribution in [0.3, 0.4) is 0 Å². The van der Waals surface area contributed by atoms with Gasteiger partial charge in [-0.15, -0.1) is 0 Å². The van der Waals surface area contributed by atoms with Crippen molar-refractivity contribution in [3.8, 4) is 0 Å². The third-order valence-corrected chi connectivity index (χ3v) is 3.98. The van der Waals surface area contributed by atoms with Gasteiger partial charge in [-0.05, 0) is 55.5 Å². The van der Waals surface area contributed by atoms with Crippen molar-refractivity contribution in [3.63, 3.8) is 0 Å². The van der Waals surface area contributed by atoms with Crippen LogP contribution in [-0.2, 0) is 11.2 Å². The lowest BCUT2D eigenvalue weighted by molar-refractivity contribution is -0.120. The quantitative estimate of drug-likeness (QED) is 0.860. The molecule has 0 fully saturated rings. The Morgan fingerprint density at radius 1 is 1.04 bits per heavy atom. The molecule has 0 bridgehead atoms. The molecule has 0 aliphatic rings. The van der Waals surface area contributed by atoms with Gasteiger partial charge in [-0.3, -0.25) is 9.59 Å². The van der Waals surface area contributed by atoms with Gasteiger partial charge >= 0.3 is 0 Å². The van der Waals surface area contributed by atoms with Crippen LogP contribution in [-0.4, -0.2) is 17.9 Å². The minimum atomic E-state index is -0.677. The summed E-state index contributed by atoms with van der Waals surface area (Å²) in [5.41, 5.74) is 9.24. The zero-order valence-corrected chi connectivity index (χ0v) is 13.5. The van der Waals surface area contributed by atoms with E-state index in [2.05, 4.69) is 5.32 Å². The van der Waals surface area contributed by atoms with Gasteiger partial charge in [0.25, 0.3) is 5.91 Å². The number of rotatable bonds is 6. The number of hydrogen-bond acceptors (Lipinski definition) is 2. The second-order valence-corrected chi connectivity index (χ2v) is 5.75. The summed E-state index contributed by atoms with van der Waals surface area (Å²) in [6, 6.07) is 14.6. The van der Waals surface area contributed by atoms with E-state index < -0.39 is 11.9 Å². The molecule has 2 amide bonds. The molecule has 0 aliphatic heterocycles. The van der Waals surface area contributed by atoms with Crippen LogP contribution in [0.4, 0.5) is 0 Å². The number of nitrogens with two attached hydrogens (primary N) is 1. The molecule has 120 valence electrons. The summed E-state index contributed by atoms with van der Waals surface area (Å²) < 4.78 is 0. The van der Waals surface area contributed by atoms with Crippen molar-refractivity contribution in [2.24, 2.45) is 5.73 Å². The zero-order chi connectivity index (χ0) is 16.8. The predicted octanol–water partition coefficient (Wildman–Crippen LogP) is 2.52. The highest BCUT2D eigenvalue weighted by Crippen LogP contribution is 2.11. The maximum atomic E-state index is 12.3. The second kappa shape index (κ2) is 7.58. The SMILES string of the molecule is Cc1ccc(C(=O)NC(CCc2ccccc2)C(N)=O)cc1C. The molecular formula is C19H22N2O2. The summed E-state index contributed by atoms with van der Waals surface area (Å²) in [4.78, 5) is 23.9. The first-order valence-electron chi connectivity index (χ1n) is 7.68. The highest BCUT2D eigenvalue weighted by atomic mass is 16.2. The summed E-state index contributed by atoms with van der Waals surface area (Å²) in [7, 11) is 0. The molecule has 0 aliphatic carbocycles. The van der Waals surface area contributed by atoms with E-state index in [1.54, 1.807) is 6.07 Å². The lowest BCUT2D eigenvalue weighted by Gasteiger charge is -2.16. The third-order valence-electron chi connectivity index (χ3n) is 3.98. The Bertz CT molecular complexity index is 696. The summed E-state index contributed by atoms with van der Waals surface area (Å²) in [6.07, 6.45) is 1.16. The zero-order valence-electron chi connectivity index (χ0n) is 13.5. The van der Waals surface area contributed by atoms with Crippen LogP contribution in [0.2, 0.25) is 0 Å². The van der Waals surface area contributed by atoms with Crippen LogP contribution in [0.15, 0.2) is 48.5 Å². The van der Waals surface area contributed by atoms with E-state index in [0.29, 0.717) is 18.4 Å². The number of carbonyl (C=O) groups is 2. The fourth-order valence-corrected chi connectivity index (χ4v) is 2.37. The van der Waals surface area contributed by atoms with Crippen LogP contribution >= 0.6 is 0 Å². The van der Waals surface area contributed by atoms with Crippen LogP contribution < -0.4 is 11.1 Å². The van der Waals surface area contributed by atoms with Gasteiger partial charge in [0.15, 0.2) is 0 Å². The Morgan fingerprint density at radius 3 is 2.35 bits per heavy atom. The number of primary amides is 1. The first-order chi connectivity index (χ1) is 11.0. The Labute approximate surface area is 136 Å². The smallest absolute Gasteiger partial charge is 0.251 e. The fraction of sp³-hybridized carbons (Fsp3) is 0.263. The van der Waals surface area contributed by atoms with Gasteiger partial charge in [0.05, 0.1) is 0 Å². The standard InChI is InChI=1S/C19H22N2O2/c1-13-8-10-16(12-14(13)2)19(23)21-17(18(20)22)11-9-15-6-4-3-5-7-15/h3-8,10,12,17H,9,11H2,1-2H3,(H2,20,22)(H,21,23). The molecule has 4 nitrogen and oxygen atoms in total. The highest BCUT2D eigenvalue weighted by Gasteiger charge is 2.19. The molecule has 0 saturated heterocycles. The molecule has 0 saturated carbocycles. The predicted molar refractivity (Wildman–Crippen MR) is 91.1 cm³/mol. The fourth-order valence-electron chi connectivity index (χ4n) is 2.37. The molecule has 0 spiro atoms. The number of benzene rings is 2. The number of aryl methyl sites for hydroxylation is 3. The summed E-state index contributed by atoms with van der Waals surface area (Å²) in [6.45, 7) is 3.94. The molecule has 4 heteroatoms. The summed E-state index contributed by atoms with van der Waals surface area (Å²) >= 11 is 0. The van der Waals surface area contributed by atoms with Crippen molar-refractivity contribution in [1.82, 2.24) is 5.32 Å². The van der Waals surface area contributed by atoms with Crippen LogP contribution in [0.25, 0.3) is 0 Å². The van der Waals surface area contributed by atoms with Gasteiger partial charge in [-0.25, -0.2) is 0 Å². The topological polar surface area (TPSA) is 72.2 Å². The van der Waals surface area contributed by atoms with Crippen molar-refractivity contribution in [2.75, 3.05) is 0 Å². The average Bonchev–Trinajstić information content (AvgIpc) is 2.54. The number of carbonyl (C=O) groups excluding carboxylic acids is 2. The van der Waals surface area contributed by atoms with Crippen molar-refractivity contribution < 1.29 is 9.59 Å². The van der Waals surface area contributed by atoms with Crippen LogP contribution in [0, 0.1) is 13.8 Å². The molecule has 1 unspecified atom stereocenters. The van der Waals surface area contributed by atoms with Gasteiger partial charge in [0, 0.05) is 5.56 Å². The van der Waals surface area contributed by atoms with E-state index in [-0.39, 0.29) is 5.91 Å². The molecule has 2 rings (SSSR count). The molecule has 0 heterocycles. The molecule has 3 N–H and O–H groups in total. The lowest BCUT2D eigenvalue weighted by atomic mass is 10.0. The number of nitrogens with one attached hydrogen (secondary N) is 1. The van der Waals surface area contributed by atoms with Gasteiger partial charge in [0.2, 0.25) is 5.91 Å². The molecule has 2 aromatic rings. The van der Waals surface area contributed by atoms with Crippen molar-refractivity contribution in [2.45, 2.75) is 32.7 Å². The van der Waals surface area contributed by atoms with E-state index in [0.717, 1.165) is 16.7 Å². The molecule has 0 radical (unpaired) electrons. The maximum absolute atomic E-state index is 12.3. The van der Waals surface area contributed by atoms with Gasteiger partial charge in [0.1, 0.15) is 6.04 Å². The van der Waals surface area contributed by atoms with E-state index in [1.807, 2.05) is 56.3 Å². The Hall–Kier alpha value is -2.62. The normalized spacial score (nSPS) is 11.7. The van der Waals surface area contributed by atoms with Gasteiger partial charge in [-0.2, -0.15) is 0 Å². The van der Waals surface area contributed by atoms with Crippen LogP contribution in [0.5, 0.6) is 0 Å². The lowest BCUT2D eigenvalue weighted by Crippen LogP contribution is -2.44. The first kappa shape index (κ1) is 16.7. The van der Waals surface area contributed by atoms with E-state index in [4.69, 9.17) is 5.73 Å². The van der Waals surface area contributed by atoms with Crippen molar-refractivity contribution in [3.05, 3.63) is 70.8 Å². The minimum Gasteiger partial charge on any atom is -0.368 e. The van der Waals surface area contributed by atoms with E-state index in [9.17, 15) is 9.59 Å². The maximum Gasteiger partial charge on any atom is 0.251 e. The minimum absolute atomic E-state index is 0.273. The Kier molecular flexibility index (Phi) is 5.52.